The maximum atomic E-state index is 12.1. The monoisotopic (exact) mass is 306 g/mol. The molecule has 0 saturated carbocycles. The maximum Gasteiger partial charge on any atom is 0.345 e. The molecule has 0 aromatic carbocycles. The van der Waals surface area contributed by atoms with Crippen LogP contribution in [0, 0.1) is 0 Å². The molecule has 0 fully saturated rings. The minimum absolute atomic E-state index is 0.0127. The first kappa shape index (κ1) is 12.7. The van der Waals surface area contributed by atoms with Gasteiger partial charge in [-0.25, -0.2) is 9.78 Å². The summed E-state index contributed by atoms with van der Waals surface area (Å²) < 4.78 is 0.199. The van der Waals surface area contributed by atoms with Gasteiger partial charge < -0.3 is 10.1 Å². The lowest BCUT2D eigenvalue weighted by atomic mass is 10.3. The van der Waals surface area contributed by atoms with E-state index < -0.39 is 11.5 Å². The van der Waals surface area contributed by atoms with Crippen LogP contribution in [0.1, 0.15) is 25.2 Å². The number of nitrogens with zero attached hydrogens (tertiary/aromatic N) is 1. The topological polar surface area (TPSA) is 100 Å². The molecule has 3 heterocycles. The number of nitrogens with one attached hydrogen (secondary N) is 1. The quantitative estimate of drug-likeness (QED) is 0.721. The standard InChI is InChI=1S/C12H6N2O4S2/c15-8(6-2-1-3-19-6)10-13-5-4-7(12(17)18)20-9(5)11(16)14-10/h1-4H,(H,17,18)(H,13,14,16). The van der Waals surface area contributed by atoms with E-state index in [1.165, 1.54) is 17.4 Å². The highest BCUT2D eigenvalue weighted by molar-refractivity contribution is 7.20. The van der Waals surface area contributed by atoms with E-state index in [4.69, 9.17) is 5.11 Å². The Morgan fingerprint density at radius 3 is 2.75 bits per heavy atom. The summed E-state index contributed by atoms with van der Waals surface area (Å²) in [5, 5.41) is 10.7. The fourth-order valence-electron chi connectivity index (χ4n) is 1.68. The minimum atomic E-state index is -1.13. The molecular formula is C12H6N2O4S2. The molecule has 0 saturated heterocycles. The molecule has 0 spiro atoms. The van der Waals surface area contributed by atoms with Crippen LogP contribution < -0.4 is 5.56 Å². The number of rotatable bonds is 3. The molecule has 3 aromatic heterocycles. The van der Waals surface area contributed by atoms with Gasteiger partial charge in [-0.05, 0) is 17.5 Å². The maximum absolute atomic E-state index is 12.1. The molecule has 3 rings (SSSR count). The van der Waals surface area contributed by atoms with Gasteiger partial charge >= 0.3 is 5.97 Å². The second-order valence-corrected chi connectivity index (χ2v) is 5.85. The molecule has 0 aliphatic carbocycles. The van der Waals surface area contributed by atoms with Crippen LogP contribution in [0.4, 0.5) is 0 Å². The smallest absolute Gasteiger partial charge is 0.345 e. The third-order valence-electron chi connectivity index (χ3n) is 2.55. The van der Waals surface area contributed by atoms with Crippen LogP contribution in [0.5, 0.6) is 0 Å². The number of aromatic nitrogens is 2. The largest absolute Gasteiger partial charge is 0.477 e. The lowest BCUT2D eigenvalue weighted by Crippen LogP contribution is -2.14. The molecular weight excluding hydrogens is 300 g/mol. The Bertz CT molecular complexity index is 877. The van der Waals surface area contributed by atoms with Gasteiger partial charge in [-0.1, -0.05) is 6.07 Å². The second kappa shape index (κ2) is 4.66. The fourth-order valence-corrected chi connectivity index (χ4v) is 3.17. The third-order valence-corrected chi connectivity index (χ3v) is 4.53. The summed E-state index contributed by atoms with van der Waals surface area (Å²) in [7, 11) is 0. The molecule has 20 heavy (non-hydrogen) atoms. The molecule has 0 amide bonds. The second-order valence-electron chi connectivity index (χ2n) is 3.85. The predicted octanol–water partition coefficient (Wildman–Crippen LogP) is 1.98. The van der Waals surface area contributed by atoms with Crippen molar-refractivity contribution in [1.29, 1.82) is 0 Å². The number of ketones is 1. The van der Waals surface area contributed by atoms with Crippen molar-refractivity contribution in [2.75, 3.05) is 0 Å². The zero-order valence-electron chi connectivity index (χ0n) is 9.75. The Kier molecular flexibility index (Phi) is 2.96. The first-order valence-corrected chi connectivity index (χ1v) is 7.11. The minimum Gasteiger partial charge on any atom is -0.477 e. The highest BCUT2D eigenvalue weighted by Crippen LogP contribution is 2.21. The van der Waals surface area contributed by atoms with Crippen LogP contribution in [0.25, 0.3) is 10.2 Å². The van der Waals surface area contributed by atoms with Crippen LogP contribution in [0.15, 0.2) is 28.4 Å². The molecule has 100 valence electrons. The summed E-state index contributed by atoms with van der Waals surface area (Å²) in [6.45, 7) is 0. The van der Waals surface area contributed by atoms with Gasteiger partial charge in [-0.3, -0.25) is 9.59 Å². The van der Waals surface area contributed by atoms with Crippen LogP contribution in [0.2, 0.25) is 0 Å². The molecule has 0 unspecified atom stereocenters. The molecule has 3 aromatic rings. The molecule has 8 heteroatoms. The number of thiophene rings is 2. The SMILES string of the molecule is O=C(O)c1cc2nc(C(=O)c3cccs3)[nH]c(=O)c2s1. The average molecular weight is 306 g/mol. The number of fused-ring (bicyclic) bond motifs is 1. The van der Waals surface area contributed by atoms with Crippen molar-refractivity contribution < 1.29 is 14.7 Å². The molecule has 0 atom stereocenters. The van der Waals surface area contributed by atoms with E-state index in [1.54, 1.807) is 17.5 Å². The van der Waals surface area contributed by atoms with Crippen molar-refractivity contribution in [3.05, 3.63) is 49.5 Å². The highest BCUT2D eigenvalue weighted by atomic mass is 32.1. The number of aromatic amines is 1. The van der Waals surface area contributed by atoms with E-state index in [9.17, 15) is 14.4 Å². The van der Waals surface area contributed by atoms with Crippen LogP contribution in [0.3, 0.4) is 0 Å². The van der Waals surface area contributed by atoms with E-state index in [0.717, 1.165) is 11.3 Å². The van der Waals surface area contributed by atoms with E-state index in [1.807, 2.05) is 0 Å². The van der Waals surface area contributed by atoms with Gasteiger partial charge in [0.2, 0.25) is 5.78 Å². The van der Waals surface area contributed by atoms with Crippen molar-refractivity contribution in [2.24, 2.45) is 0 Å². The van der Waals surface area contributed by atoms with Gasteiger partial charge in [0, 0.05) is 0 Å². The summed E-state index contributed by atoms with van der Waals surface area (Å²) in [4.78, 5) is 41.8. The Hall–Kier alpha value is -2.32. The molecule has 6 nitrogen and oxygen atoms in total. The van der Waals surface area contributed by atoms with E-state index in [-0.39, 0.29) is 26.7 Å². The number of hydrogen-bond donors (Lipinski definition) is 2. The Morgan fingerprint density at radius 2 is 2.10 bits per heavy atom. The van der Waals surface area contributed by atoms with Gasteiger partial charge in [0.25, 0.3) is 5.56 Å². The Labute approximate surface area is 119 Å². The molecule has 0 radical (unpaired) electrons. The van der Waals surface area contributed by atoms with Gasteiger partial charge in [0.15, 0.2) is 5.82 Å². The van der Waals surface area contributed by atoms with E-state index in [0.29, 0.717) is 4.88 Å². The number of hydrogen-bond acceptors (Lipinski definition) is 6. The fraction of sp³-hybridized carbons (Fsp3) is 0. The van der Waals surface area contributed by atoms with Crippen molar-refractivity contribution >= 4 is 44.6 Å². The summed E-state index contributed by atoms with van der Waals surface area (Å²) >= 11 is 2.08. The first-order chi connectivity index (χ1) is 9.56. The number of aromatic carboxylic acids is 1. The van der Waals surface area contributed by atoms with Gasteiger partial charge in [-0.2, -0.15) is 0 Å². The molecule has 2 N–H and O–H groups in total. The van der Waals surface area contributed by atoms with Crippen LogP contribution in [-0.2, 0) is 0 Å². The molecule has 0 aliphatic rings. The van der Waals surface area contributed by atoms with Crippen LogP contribution in [-0.4, -0.2) is 26.8 Å². The van der Waals surface area contributed by atoms with Crippen molar-refractivity contribution in [3.8, 4) is 0 Å². The van der Waals surface area contributed by atoms with Gasteiger partial charge in [0.05, 0.1) is 10.4 Å². The number of carboxylic acids is 1. The third kappa shape index (κ3) is 2.04. The van der Waals surface area contributed by atoms with Gasteiger partial charge in [-0.15, -0.1) is 22.7 Å². The first-order valence-electron chi connectivity index (χ1n) is 5.41. The summed E-state index contributed by atoms with van der Waals surface area (Å²) in [5.74, 6) is -1.60. The Balaban J connectivity index is 2.17. The average Bonchev–Trinajstić information content (AvgIpc) is 3.06. The zero-order chi connectivity index (χ0) is 14.3. The molecule has 0 aliphatic heterocycles. The van der Waals surface area contributed by atoms with Crippen molar-refractivity contribution in [2.45, 2.75) is 0 Å². The summed E-state index contributed by atoms with van der Waals surface area (Å²) in [6, 6.07) is 4.65. The number of carbonyl (C=O) groups excluding carboxylic acids is 1. The van der Waals surface area contributed by atoms with E-state index in [2.05, 4.69) is 9.97 Å². The summed E-state index contributed by atoms with van der Waals surface area (Å²) in [6.07, 6.45) is 0. The Morgan fingerprint density at radius 1 is 1.30 bits per heavy atom. The lowest BCUT2D eigenvalue weighted by Gasteiger charge is -1.97. The van der Waals surface area contributed by atoms with E-state index >= 15 is 0 Å². The normalized spacial score (nSPS) is 10.8. The number of carboxylic acid groups (broad SMARTS) is 1. The number of H-pyrrole nitrogens is 1. The molecule has 0 bridgehead atoms. The zero-order valence-corrected chi connectivity index (χ0v) is 11.4. The number of carbonyl (C=O) groups is 2. The van der Waals surface area contributed by atoms with Crippen molar-refractivity contribution in [3.63, 3.8) is 0 Å². The van der Waals surface area contributed by atoms with Crippen molar-refractivity contribution in [1.82, 2.24) is 9.97 Å². The van der Waals surface area contributed by atoms with Gasteiger partial charge in [0.1, 0.15) is 9.58 Å². The summed E-state index contributed by atoms with van der Waals surface area (Å²) in [5.41, 5.74) is -0.288. The highest BCUT2D eigenvalue weighted by Gasteiger charge is 2.17. The predicted molar refractivity (Wildman–Crippen MR) is 75.0 cm³/mol. The lowest BCUT2D eigenvalue weighted by molar-refractivity contribution is 0.0702. The van der Waals surface area contributed by atoms with Crippen LogP contribution >= 0.6 is 22.7 Å².